The molecule has 3 rings (SSSR count). The number of hydrogen-bond donors (Lipinski definition) is 0. The number of aromatic nitrogens is 2. The van der Waals surface area contributed by atoms with Gasteiger partial charge in [0, 0.05) is 26.4 Å². The number of amides is 1. The van der Waals surface area contributed by atoms with Crippen LogP contribution in [0.3, 0.4) is 0 Å². The number of ether oxygens (including phenoxy) is 2. The van der Waals surface area contributed by atoms with Crippen molar-refractivity contribution in [3.05, 3.63) is 41.5 Å². The SMILES string of the molecule is Cc1nc(CCOC2CCN(C(=O)c3ccccc3OC(F)(F)F)CC2)no1. The second-order valence-corrected chi connectivity index (χ2v) is 6.39. The monoisotopic (exact) mass is 399 g/mol. The van der Waals surface area contributed by atoms with Crippen molar-refractivity contribution in [1.29, 1.82) is 0 Å². The first-order chi connectivity index (χ1) is 13.3. The van der Waals surface area contributed by atoms with Gasteiger partial charge in [0.1, 0.15) is 5.75 Å². The third-order valence-corrected chi connectivity index (χ3v) is 4.32. The van der Waals surface area contributed by atoms with Gasteiger partial charge in [-0.3, -0.25) is 4.79 Å². The van der Waals surface area contributed by atoms with Gasteiger partial charge in [0.25, 0.3) is 5.91 Å². The first kappa shape index (κ1) is 20.1. The maximum atomic E-state index is 12.6. The standard InChI is InChI=1S/C18H20F3N3O4/c1-12-22-16(23-28-12)8-11-26-13-6-9-24(10-7-13)17(25)14-4-2-3-5-15(14)27-18(19,20)21/h2-5,13H,6-11H2,1H3. The summed E-state index contributed by atoms with van der Waals surface area (Å²) in [5.41, 5.74) is -0.105. The second-order valence-electron chi connectivity index (χ2n) is 6.39. The number of nitrogens with zero attached hydrogens (tertiary/aromatic N) is 3. The fourth-order valence-corrected chi connectivity index (χ4v) is 3.01. The second kappa shape index (κ2) is 8.59. The fraction of sp³-hybridized carbons (Fsp3) is 0.500. The number of rotatable bonds is 6. The van der Waals surface area contributed by atoms with Crippen LogP contribution in [0.2, 0.25) is 0 Å². The Bertz CT molecular complexity index is 801. The molecule has 0 atom stereocenters. The van der Waals surface area contributed by atoms with Crippen LogP contribution in [-0.4, -0.2) is 53.1 Å². The van der Waals surface area contributed by atoms with Crippen LogP contribution in [0.1, 0.15) is 34.9 Å². The summed E-state index contributed by atoms with van der Waals surface area (Å²) in [5.74, 6) is 0.0948. The van der Waals surface area contributed by atoms with Crippen LogP contribution >= 0.6 is 0 Å². The van der Waals surface area contributed by atoms with Crippen LogP contribution in [0, 0.1) is 6.92 Å². The third-order valence-electron chi connectivity index (χ3n) is 4.32. The van der Waals surface area contributed by atoms with Crippen molar-refractivity contribution in [3.63, 3.8) is 0 Å². The predicted octanol–water partition coefficient (Wildman–Crippen LogP) is 3.14. The van der Waals surface area contributed by atoms with Crippen LogP contribution in [0.5, 0.6) is 5.75 Å². The van der Waals surface area contributed by atoms with Gasteiger partial charge in [-0.25, -0.2) is 0 Å². The van der Waals surface area contributed by atoms with E-state index in [1.807, 2.05) is 0 Å². The lowest BCUT2D eigenvalue weighted by atomic mass is 10.1. The van der Waals surface area contributed by atoms with Gasteiger partial charge in [-0.2, -0.15) is 4.98 Å². The minimum Gasteiger partial charge on any atom is -0.405 e. The molecule has 1 aliphatic heterocycles. The van der Waals surface area contributed by atoms with Crippen LogP contribution in [0.4, 0.5) is 13.2 Å². The highest BCUT2D eigenvalue weighted by atomic mass is 19.4. The molecule has 0 bridgehead atoms. The molecule has 7 nitrogen and oxygen atoms in total. The lowest BCUT2D eigenvalue weighted by Gasteiger charge is -2.32. The summed E-state index contributed by atoms with van der Waals surface area (Å²) in [5, 5.41) is 3.79. The quantitative estimate of drug-likeness (QED) is 0.743. The summed E-state index contributed by atoms with van der Waals surface area (Å²) in [6, 6.07) is 5.37. The zero-order chi connectivity index (χ0) is 20.1. The van der Waals surface area contributed by atoms with Crippen LogP contribution in [0.25, 0.3) is 0 Å². The van der Waals surface area contributed by atoms with E-state index in [1.54, 1.807) is 6.92 Å². The topological polar surface area (TPSA) is 77.7 Å². The van der Waals surface area contributed by atoms with Gasteiger partial charge >= 0.3 is 6.36 Å². The van der Waals surface area contributed by atoms with E-state index in [1.165, 1.54) is 23.1 Å². The Morgan fingerprint density at radius 3 is 2.64 bits per heavy atom. The summed E-state index contributed by atoms with van der Waals surface area (Å²) in [6.07, 6.45) is -3.16. The zero-order valence-corrected chi connectivity index (χ0v) is 15.2. The number of carbonyl (C=O) groups excluding carboxylic acids is 1. The van der Waals surface area contributed by atoms with Crippen molar-refractivity contribution in [2.24, 2.45) is 0 Å². The Kier molecular flexibility index (Phi) is 6.18. The van der Waals surface area contributed by atoms with E-state index in [-0.39, 0.29) is 11.7 Å². The van der Waals surface area contributed by atoms with E-state index in [2.05, 4.69) is 14.9 Å². The number of alkyl halides is 3. The van der Waals surface area contributed by atoms with Crippen LogP contribution < -0.4 is 4.74 Å². The third kappa shape index (κ3) is 5.44. The molecule has 2 aromatic rings. The molecule has 28 heavy (non-hydrogen) atoms. The van der Waals surface area contributed by atoms with E-state index in [4.69, 9.17) is 9.26 Å². The fourth-order valence-electron chi connectivity index (χ4n) is 3.01. The highest BCUT2D eigenvalue weighted by Crippen LogP contribution is 2.28. The van der Waals surface area contributed by atoms with E-state index in [0.29, 0.717) is 50.7 Å². The van der Waals surface area contributed by atoms with E-state index in [0.717, 1.165) is 6.07 Å². The van der Waals surface area contributed by atoms with Gasteiger partial charge in [0.2, 0.25) is 5.89 Å². The predicted molar refractivity (Wildman–Crippen MR) is 90.7 cm³/mol. The molecule has 152 valence electrons. The molecule has 0 radical (unpaired) electrons. The Morgan fingerprint density at radius 1 is 1.29 bits per heavy atom. The molecule has 1 aromatic heterocycles. The molecule has 1 saturated heterocycles. The van der Waals surface area contributed by atoms with Crippen molar-refractivity contribution in [1.82, 2.24) is 15.0 Å². The van der Waals surface area contributed by atoms with Gasteiger partial charge in [0.15, 0.2) is 5.82 Å². The van der Waals surface area contributed by atoms with E-state index < -0.39 is 18.0 Å². The number of halogens is 3. The van der Waals surface area contributed by atoms with Crippen molar-refractivity contribution in [2.75, 3.05) is 19.7 Å². The van der Waals surface area contributed by atoms with Crippen molar-refractivity contribution in [3.8, 4) is 5.75 Å². The Hall–Kier alpha value is -2.62. The average molecular weight is 399 g/mol. The first-order valence-corrected chi connectivity index (χ1v) is 8.86. The van der Waals surface area contributed by atoms with Gasteiger partial charge in [-0.1, -0.05) is 17.3 Å². The summed E-state index contributed by atoms with van der Waals surface area (Å²) in [7, 11) is 0. The lowest BCUT2D eigenvalue weighted by Crippen LogP contribution is -2.41. The minimum atomic E-state index is -4.85. The van der Waals surface area contributed by atoms with Crippen LogP contribution in [0.15, 0.2) is 28.8 Å². The smallest absolute Gasteiger partial charge is 0.405 e. The highest BCUT2D eigenvalue weighted by Gasteiger charge is 2.34. The number of benzene rings is 1. The molecule has 0 saturated carbocycles. The molecule has 0 N–H and O–H groups in total. The van der Waals surface area contributed by atoms with Gasteiger partial charge < -0.3 is 18.9 Å². The molecular weight excluding hydrogens is 379 g/mol. The van der Waals surface area contributed by atoms with Crippen LogP contribution in [-0.2, 0) is 11.2 Å². The number of carbonyl (C=O) groups is 1. The maximum Gasteiger partial charge on any atom is 0.573 e. The summed E-state index contributed by atoms with van der Waals surface area (Å²) in [6.45, 7) is 2.93. The maximum absolute atomic E-state index is 12.6. The van der Waals surface area contributed by atoms with Gasteiger partial charge in [0.05, 0.1) is 18.3 Å². The molecule has 1 amide bonds. The largest absolute Gasteiger partial charge is 0.573 e. The summed E-state index contributed by atoms with van der Waals surface area (Å²) >= 11 is 0. The normalized spacial score (nSPS) is 15.6. The Balaban J connectivity index is 1.50. The molecule has 1 aliphatic rings. The molecule has 10 heteroatoms. The van der Waals surface area contributed by atoms with Gasteiger partial charge in [-0.05, 0) is 25.0 Å². The lowest BCUT2D eigenvalue weighted by molar-refractivity contribution is -0.274. The average Bonchev–Trinajstić information content (AvgIpc) is 3.06. The first-order valence-electron chi connectivity index (χ1n) is 8.86. The number of aryl methyl sites for hydroxylation is 1. The molecule has 0 unspecified atom stereocenters. The molecule has 2 heterocycles. The molecule has 0 aliphatic carbocycles. The summed E-state index contributed by atoms with van der Waals surface area (Å²) < 4.78 is 52.3. The van der Waals surface area contributed by atoms with E-state index in [9.17, 15) is 18.0 Å². The zero-order valence-electron chi connectivity index (χ0n) is 15.2. The van der Waals surface area contributed by atoms with Crippen molar-refractivity contribution >= 4 is 5.91 Å². The number of hydrogen-bond acceptors (Lipinski definition) is 6. The highest BCUT2D eigenvalue weighted by molar-refractivity contribution is 5.97. The number of piperidine rings is 1. The molecule has 0 spiro atoms. The Morgan fingerprint density at radius 2 is 2.00 bits per heavy atom. The van der Waals surface area contributed by atoms with Gasteiger partial charge in [-0.15, -0.1) is 13.2 Å². The number of likely N-dealkylation sites (tertiary alicyclic amines) is 1. The minimum absolute atomic E-state index is 0.0290. The molecule has 1 fully saturated rings. The Labute approximate surface area is 159 Å². The van der Waals surface area contributed by atoms with E-state index >= 15 is 0 Å². The number of para-hydroxylation sites is 1. The molecule has 1 aromatic carbocycles. The van der Waals surface area contributed by atoms with Crippen molar-refractivity contribution < 1.29 is 32.0 Å². The summed E-state index contributed by atoms with van der Waals surface area (Å²) in [4.78, 5) is 18.2. The molecular formula is C18H20F3N3O4. The van der Waals surface area contributed by atoms with Crippen molar-refractivity contribution in [2.45, 2.75) is 38.7 Å².